The number of hydrogen-bond acceptors (Lipinski definition) is 2. The predicted molar refractivity (Wildman–Crippen MR) is 77.6 cm³/mol. The molecule has 0 aliphatic heterocycles. The van der Waals surface area contributed by atoms with Crippen LogP contribution in [-0.4, -0.2) is 14.8 Å². The van der Waals surface area contributed by atoms with Crippen molar-refractivity contribution in [3.8, 4) is 11.4 Å². The molecule has 1 aromatic heterocycles. The molecule has 0 fully saturated rings. The Morgan fingerprint density at radius 1 is 1.28 bits per heavy atom. The van der Waals surface area contributed by atoms with Gasteiger partial charge in [0.2, 0.25) is 0 Å². The second kappa shape index (κ2) is 5.85. The van der Waals surface area contributed by atoms with Crippen LogP contribution in [0.25, 0.3) is 11.4 Å². The summed E-state index contributed by atoms with van der Waals surface area (Å²) < 4.78 is 3.11. The van der Waals surface area contributed by atoms with Gasteiger partial charge in [0.15, 0.2) is 5.82 Å². The molecule has 0 bridgehead atoms. The van der Waals surface area contributed by atoms with Gasteiger partial charge in [-0.25, -0.2) is 0 Å². The third kappa shape index (κ3) is 2.75. The summed E-state index contributed by atoms with van der Waals surface area (Å²) >= 11 is 9.47. The van der Waals surface area contributed by atoms with Crippen LogP contribution in [0.4, 0.5) is 0 Å². The van der Waals surface area contributed by atoms with Crippen molar-refractivity contribution in [2.75, 3.05) is 0 Å². The Labute approximate surface area is 120 Å². The second-order valence-electron chi connectivity index (χ2n) is 4.56. The highest BCUT2D eigenvalue weighted by molar-refractivity contribution is 9.10. The molecule has 0 atom stereocenters. The third-order valence-electron chi connectivity index (χ3n) is 2.61. The Hall–Kier alpha value is -0.870. The molecule has 2 aromatic rings. The van der Waals surface area contributed by atoms with Crippen LogP contribution < -0.4 is 0 Å². The van der Waals surface area contributed by atoms with E-state index in [0.29, 0.717) is 11.8 Å². The first-order chi connectivity index (χ1) is 8.63. The number of alkyl halides is 1. The third-order valence-corrected chi connectivity index (χ3v) is 3.54. The van der Waals surface area contributed by atoms with Crippen LogP contribution in [0.3, 0.4) is 0 Å². The molecule has 0 radical (unpaired) electrons. The smallest absolute Gasteiger partial charge is 0.165 e. The summed E-state index contributed by atoms with van der Waals surface area (Å²) in [6.45, 7) is 5.20. The zero-order chi connectivity index (χ0) is 13.1. The summed E-state index contributed by atoms with van der Waals surface area (Å²) in [7, 11) is 0. The van der Waals surface area contributed by atoms with Crippen molar-refractivity contribution < 1.29 is 0 Å². The van der Waals surface area contributed by atoms with Crippen molar-refractivity contribution in [1.82, 2.24) is 14.8 Å². The lowest BCUT2D eigenvalue weighted by atomic mass is 10.2. The largest absolute Gasteiger partial charge is 0.310 e. The van der Waals surface area contributed by atoms with Gasteiger partial charge in [-0.3, -0.25) is 0 Å². The fourth-order valence-electron chi connectivity index (χ4n) is 1.83. The lowest BCUT2D eigenvalue weighted by Gasteiger charge is -2.12. The average Bonchev–Trinajstić information content (AvgIpc) is 2.72. The van der Waals surface area contributed by atoms with Gasteiger partial charge in [0.25, 0.3) is 0 Å². The second-order valence-corrected chi connectivity index (χ2v) is 5.68. The van der Waals surface area contributed by atoms with Gasteiger partial charge in [-0.15, -0.1) is 21.8 Å². The molecule has 3 nitrogen and oxygen atoms in total. The monoisotopic (exact) mass is 327 g/mol. The minimum atomic E-state index is 0.379. The molecule has 0 N–H and O–H groups in total. The molecule has 18 heavy (non-hydrogen) atoms. The quantitative estimate of drug-likeness (QED) is 0.791. The summed E-state index contributed by atoms with van der Waals surface area (Å²) in [6.07, 6.45) is 0. The van der Waals surface area contributed by atoms with Gasteiger partial charge >= 0.3 is 0 Å². The highest BCUT2D eigenvalue weighted by Crippen LogP contribution is 2.27. The first-order valence-electron chi connectivity index (χ1n) is 5.86. The van der Waals surface area contributed by atoms with Gasteiger partial charge in [-0.2, -0.15) is 0 Å². The van der Waals surface area contributed by atoms with E-state index in [-0.39, 0.29) is 0 Å². The highest BCUT2D eigenvalue weighted by atomic mass is 79.9. The molecule has 0 unspecified atom stereocenters. The van der Waals surface area contributed by atoms with E-state index in [1.165, 1.54) is 0 Å². The zero-order valence-electron chi connectivity index (χ0n) is 10.4. The number of nitrogens with zero attached hydrogens (tertiary/aromatic N) is 3. The van der Waals surface area contributed by atoms with Gasteiger partial charge in [0.05, 0.1) is 5.88 Å². The van der Waals surface area contributed by atoms with Crippen LogP contribution in [0.2, 0.25) is 0 Å². The molecule has 0 saturated carbocycles. The Morgan fingerprint density at radius 2 is 2.00 bits per heavy atom. The van der Waals surface area contributed by atoms with E-state index >= 15 is 0 Å². The van der Waals surface area contributed by atoms with Crippen LogP contribution in [-0.2, 0) is 12.4 Å². The minimum Gasteiger partial charge on any atom is -0.310 e. The van der Waals surface area contributed by atoms with Gasteiger partial charge in [0, 0.05) is 16.6 Å². The average molecular weight is 329 g/mol. The lowest BCUT2D eigenvalue weighted by molar-refractivity contribution is 0.515. The molecular weight excluding hydrogens is 314 g/mol. The van der Waals surface area contributed by atoms with Crippen molar-refractivity contribution in [3.05, 3.63) is 34.6 Å². The normalized spacial score (nSPS) is 11.2. The Balaban J connectivity index is 2.51. The van der Waals surface area contributed by atoms with E-state index in [1.807, 2.05) is 24.3 Å². The van der Waals surface area contributed by atoms with E-state index in [0.717, 1.165) is 28.2 Å². The predicted octanol–water partition coefficient (Wildman–Crippen LogP) is 4.10. The minimum absolute atomic E-state index is 0.379. The van der Waals surface area contributed by atoms with Crippen LogP contribution in [0.15, 0.2) is 28.7 Å². The van der Waals surface area contributed by atoms with E-state index in [4.69, 9.17) is 11.6 Å². The first kappa shape index (κ1) is 13.6. The number of rotatable bonds is 4. The van der Waals surface area contributed by atoms with Crippen molar-refractivity contribution in [2.45, 2.75) is 26.3 Å². The van der Waals surface area contributed by atoms with Gasteiger partial charge < -0.3 is 4.57 Å². The molecular formula is C13H15BrClN3. The van der Waals surface area contributed by atoms with E-state index in [1.54, 1.807) is 0 Å². The fourth-order valence-corrected chi connectivity index (χ4v) is 2.49. The summed E-state index contributed by atoms with van der Waals surface area (Å²) in [5.74, 6) is 2.58. The molecule has 5 heteroatoms. The van der Waals surface area contributed by atoms with Crippen LogP contribution in [0, 0.1) is 5.92 Å². The molecule has 96 valence electrons. The maximum Gasteiger partial charge on any atom is 0.165 e. The fraction of sp³-hybridized carbons (Fsp3) is 0.385. The maximum atomic E-state index is 5.92. The topological polar surface area (TPSA) is 30.7 Å². The molecule has 2 rings (SSSR count). The van der Waals surface area contributed by atoms with Crippen LogP contribution >= 0.6 is 27.5 Å². The lowest BCUT2D eigenvalue weighted by Crippen LogP contribution is -2.09. The first-order valence-corrected chi connectivity index (χ1v) is 7.19. The maximum absolute atomic E-state index is 5.92. The molecule has 0 saturated heterocycles. The Bertz CT molecular complexity index is 537. The van der Waals surface area contributed by atoms with Crippen molar-refractivity contribution in [2.24, 2.45) is 5.92 Å². The summed E-state index contributed by atoms with van der Waals surface area (Å²) in [5.41, 5.74) is 1.04. The van der Waals surface area contributed by atoms with Gasteiger partial charge in [-0.1, -0.05) is 48.0 Å². The molecule has 0 amide bonds. The Morgan fingerprint density at radius 3 is 2.61 bits per heavy atom. The van der Waals surface area contributed by atoms with Gasteiger partial charge in [-0.05, 0) is 12.0 Å². The molecule has 0 aliphatic rings. The highest BCUT2D eigenvalue weighted by Gasteiger charge is 2.15. The summed E-state index contributed by atoms with van der Waals surface area (Å²) in [5, 5.41) is 8.43. The standard InChI is InChI=1S/C13H15BrClN3/c1-9(2)8-18-12(7-15)16-17-13(18)10-5-3-4-6-11(10)14/h3-6,9H,7-8H2,1-2H3. The van der Waals surface area contributed by atoms with Crippen molar-refractivity contribution in [3.63, 3.8) is 0 Å². The number of halogens is 2. The molecule has 1 aromatic carbocycles. The van der Waals surface area contributed by atoms with Gasteiger partial charge in [0.1, 0.15) is 5.82 Å². The van der Waals surface area contributed by atoms with E-state index in [9.17, 15) is 0 Å². The van der Waals surface area contributed by atoms with Crippen molar-refractivity contribution >= 4 is 27.5 Å². The van der Waals surface area contributed by atoms with Crippen LogP contribution in [0.5, 0.6) is 0 Å². The number of aromatic nitrogens is 3. The zero-order valence-corrected chi connectivity index (χ0v) is 12.7. The van der Waals surface area contributed by atoms with E-state index < -0.39 is 0 Å². The van der Waals surface area contributed by atoms with Crippen LogP contribution in [0.1, 0.15) is 19.7 Å². The Kier molecular flexibility index (Phi) is 4.40. The number of benzene rings is 1. The molecule has 0 aliphatic carbocycles. The van der Waals surface area contributed by atoms with E-state index in [2.05, 4.69) is 44.5 Å². The summed E-state index contributed by atoms with van der Waals surface area (Å²) in [6, 6.07) is 8.01. The summed E-state index contributed by atoms with van der Waals surface area (Å²) in [4.78, 5) is 0. The molecule has 0 spiro atoms. The number of hydrogen-bond donors (Lipinski definition) is 0. The SMILES string of the molecule is CC(C)Cn1c(CCl)nnc1-c1ccccc1Br. The molecule has 1 heterocycles. The van der Waals surface area contributed by atoms with Crippen molar-refractivity contribution in [1.29, 1.82) is 0 Å².